The number of aliphatic carboxylic acids is 1. The molecule has 0 saturated heterocycles. The fraction of sp³-hybridized carbons (Fsp3) is 0.375. The summed E-state index contributed by atoms with van der Waals surface area (Å²) in [5, 5.41) is 17.2. The van der Waals surface area contributed by atoms with Crippen molar-refractivity contribution in [2.24, 2.45) is 0 Å². The van der Waals surface area contributed by atoms with Crippen LogP contribution in [0.3, 0.4) is 0 Å². The van der Waals surface area contributed by atoms with Crippen LogP contribution in [-0.2, 0) is 4.79 Å². The number of rotatable bonds is 8. The molecule has 0 aliphatic carbocycles. The van der Waals surface area contributed by atoms with Gasteiger partial charge < -0.3 is 9.84 Å². The molecule has 0 spiro atoms. The van der Waals surface area contributed by atoms with E-state index in [-0.39, 0.29) is 6.04 Å². The van der Waals surface area contributed by atoms with Gasteiger partial charge in [-0.05, 0) is 37.7 Å². The highest BCUT2D eigenvalue weighted by atomic mass is 16.5. The summed E-state index contributed by atoms with van der Waals surface area (Å²) in [6.45, 7) is 3.23. The van der Waals surface area contributed by atoms with Crippen molar-refractivity contribution in [1.82, 2.24) is 4.90 Å². The maximum Gasteiger partial charge on any atom is 0.328 e. The Hall–Kier alpha value is -2.32. The van der Waals surface area contributed by atoms with Crippen molar-refractivity contribution in [3.63, 3.8) is 0 Å². The van der Waals surface area contributed by atoms with Crippen LogP contribution in [0, 0.1) is 11.3 Å². The average molecular weight is 288 g/mol. The predicted molar refractivity (Wildman–Crippen MR) is 80.9 cm³/mol. The summed E-state index contributed by atoms with van der Waals surface area (Å²) in [5.41, 5.74) is 0.779. The molecule has 1 atom stereocenters. The second-order valence-corrected chi connectivity index (χ2v) is 4.78. The Kier molecular flexibility index (Phi) is 6.99. The van der Waals surface area contributed by atoms with E-state index >= 15 is 0 Å². The lowest BCUT2D eigenvalue weighted by Crippen LogP contribution is -2.32. The number of carboxylic acids is 1. The van der Waals surface area contributed by atoms with Crippen LogP contribution in [0.4, 0.5) is 0 Å². The Bertz CT molecular complexity index is 535. The van der Waals surface area contributed by atoms with Crippen molar-refractivity contribution in [3.8, 4) is 11.8 Å². The van der Waals surface area contributed by atoms with E-state index in [1.54, 1.807) is 6.07 Å². The van der Waals surface area contributed by atoms with Crippen molar-refractivity contribution in [3.05, 3.63) is 35.9 Å². The highest BCUT2D eigenvalue weighted by Gasteiger charge is 2.08. The largest absolute Gasteiger partial charge is 0.492 e. The van der Waals surface area contributed by atoms with Gasteiger partial charge in [0.15, 0.2) is 0 Å². The van der Waals surface area contributed by atoms with Gasteiger partial charge in [0.25, 0.3) is 0 Å². The molecule has 1 aromatic carbocycles. The molecule has 0 bridgehead atoms. The van der Waals surface area contributed by atoms with E-state index in [0.717, 1.165) is 18.2 Å². The molecule has 1 aromatic rings. The minimum Gasteiger partial charge on any atom is -0.492 e. The molecule has 0 fully saturated rings. The predicted octanol–water partition coefficient (Wildman–Crippen LogP) is 2.40. The van der Waals surface area contributed by atoms with Gasteiger partial charge >= 0.3 is 5.97 Å². The fourth-order valence-corrected chi connectivity index (χ4v) is 1.69. The van der Waals surface area contributed by atoms with Gasteiger partial charge in [0, 0.05) is 18.7 Å². The molecule has 0 aliphatic heterocycles. The van der Waals surface area contributed by atoms with Crippen LogP contribution in [0.15, 0.2) is 30.3 Å². The van der Waals surface area contributed by atoms with Gasteiger partial charge in [-0.1, -0.05) is 12.1 Å². The lowest BCUT2D eigenvalue weighted by atomic mass is 10.2. The van der Waals surface area contributed by atoms with Gasteiger partial charge in [-0.25, -0.2) is 4.79 Å². The third kappa shape index (κ3) is 6.59. The first-order chi connectivity index (χ1) is 10.0. The molecular formula is C16H20N2O3. The van der Waals surface area contributed by atoms with Gasteiger partial charge in [-0.2, -0.15) is 5.26 Å². The number of carbonyl (C=O) groups is 1. The Morgan fingerprint density at radius 1 is 1.57 bits per heavy atom. The molecule has 112 valence electrons. The van der Waals surface area contributed by atoms with Crippen molar-refractivity contribution in [1.29, 1.82) is 5.26 Å². The molecule has 0 aliphatic rings. The number of nitriles is 1. The summed E-state index contributed by atoms with van der Waals surface area (Å²) in [6.07, 6.45) is 3.11. The molecule has 0 amide bonds. The number of likely N-dealkylation sites (N-methyl/N-ethyl adjacent to an activating group) is 1. The number of carboxylic acid groups (broad SMARTS) is 1. The van der Waals surface area contributed by atoms with E-state index in [4.69, 9.17) is 15.1 Å². The lowest BCUT2D eigenvalue weighted by molar-refractivity contribution is -0.131. The maximum atomic E-state index is 10.5. The van der Waals surface area contributed by atoms with Crippen LogP contribution in [0.5, 0.6) is 5.75 Å². The van der Waals surface area contributed by atoms with Crippen LogP contribution in [0.2, 0.25) is 0 Å². The number of nitrogens with zero attached hydrogens (tertiary/aromatic N) is 2. The molecule has 5 nitrogen and oxygen atoms in total. The van der Waals surface area contributed by atoms with Crippen LogP contribution >= 0.6 is 0 Å². The van der Waals surface area contributed by atoms with Gasteiger partial charge in [-0.3, -0.25) is 4.90 Å². The van der Waals surface area contributed by atoms with E-state index in [1.165, 1.54) is 6.08 Å². The quantitative estimate of drug-likeness (QED) is 0.743. The van der Waals surface area contributed by atoms with Gasteiger partial charge in [-0.15, -0.1) is 0 Å². The number of benzene rings is 1. The summed E-state index contributed by atoms with van der Waals surface area (Å²) in [6, 6.07) is 9.60. The number of hydrogen-bond acceptors (Lipinski definition) is 4. The summed E-state index contributed by atoms with van der Waals surface area (Å²) >= 11 is 0. The normalized spacial score (nSPS) is 12.3. The zero-order chi connectivity index (χ0) is 15.7. The van der Waals surface area contributed by atoms with E-state index < -0.39 is 5.97 Å². The Labute approximate surface area is 125 Å². The van der Waals surface area contributed by atoms with Gasteiger partial charge in [0.1, 0.15) is 12.4 Å². The van der Waals surface area contributed by atoms with Crippen LogP contribution < -0.4 is 4.74 Å². The highest BCUT2D eigenvalue weighted by Crippen LogP contribution is 2.14. The zero-order valence-corrected chi connectivity index (χ0v) is 12.3. The third-order valence-electron chi connectivity index (χ3n) is 3.13. The molecular weight excluding hydrogens is 268 g/mol. The maximum absolute atomic E-state index is 10.5. The van der Waals surface area contributed by atoms with E-state index in [1.807, 2.05) is 32.2 Å². The van der Waals surface area contributed by atoms with Crippen LogP contribution in [0.25, 0.3) is 6.08 Å². The summed E-state index contributed by atoms with van der Waals surface area (Å²) in [5.74, 6) is -0.279. The number of ether oxygens (including phenoxy) is 1. The molecule has 0 radical (unpaired) electrons. The first kappa shape index (κ1) is 16.7. The standard InChI is InChI=1S/C16H20N2O3/c1-13(8-9-17)18(2)10-11-21-15-5-3-4-14(12-15)6-7-16(19)20/h3-7,12-13H,8,10-11H2,1-2H3,(H,19,20). The minimum atomic E-state index is -0.977. The fourth-order valence-electron chi connectivity index (χ4n) is 1.69. The van der Waals surface area contributed by atoms with Crippen molar-refractivity contribution < 1.29 is 14.6 Å². The van der Waals surface area contributed by atoms with Crippen molar-refractivity contribution in [2.45, 2.75) is 19.4 Å². The van der Waals surface area contributed by atoms with Crippen LogP contribution in [0.1, 0.15) is 18.9 Å². The Morgan fingerprint density at radius 3 is 3.00 bits per heavy atom. The van der Waals surface area contributed by atoms with Crippen molar-refractivity contribution >= 4 is 12.0 Å². The Morgan fingerprint density at radius 2 is 2.33 bits per heavy atom. The van der Waals surface area contributed by atoms with Gasteiger partial charge in [0.2, 0.25) is 0 Å². The Balaban J connectivity index is 2.47. The van der Waals surface area contributed by atoms with Gasteiger partial charge in [0.05, 0.1) is 12.5 Å². The summed E-state index contributed by atoms with van der Waals surface area (Å²) in [4.78, 5) is 12.5. The summed E-state index contributed by atoms with van der Waals surface area (Å²) < 4.78 is 5.65. The van der Waals surface area contributed by atoms with E-state index in [0.29, 0.717) is 18.8 Å². The third-order valence-corrected chi connectivity index (χ3v) is 3.13. The average Bonchev–Trinajstić information content (AvgIpc) is 2.45. The van der Waals surface area contributed by atoms with E-state index in [9.17, 15) is 4.79 Å². The minimum absolute atomic E-state index is 0.198. The SMILES string of the molecule is CC(CC#N)N(C)CCOc1cccc(C=CC(=O)O)c1. The highest BCUT2D eigenvalue weighted by molar-refractivity contribution is 5.85. The first-order valence-corrected chi connectivity index (χ1v) is 6.74. The molecule has 1 unspecified atom stereocenters. The smallest absolute Gasteiger partial charge is 0.328 e. The second-order valence-electron chi connectivity index (χ2n) is 4.78. The molecule has 1 N–H and O–H groups in total. The number of hydrogen-bond donors (Lipinski definition) is 1. The molecule has 1 rings (SSSR count). The molecule has 21 heavy (non-hydrogen) atoms. The second kappa shape index (κ2) is 8.77. The first-order valence-electron chi connectivity index (χ1n) is 6.74. The zero-order valence-electron chi connectivity index (χ0n) is 12.3. The topological polar surface area (TPSA) is 73.6 Å². The summed E-state index contributed by atoms with van der Waals surface area (Å²) in [7, 11) is 1.96. The molecule has 0 saturated carbocycles. The van der Waals surface area contributed by atoms with Crippen molar-refractivity contribution in [2.75, 3.05) is 20.2 Å². The van der Waals surface area contributed by atoms with E-state index in [2.05, 4.69) is 11.0 Å². The monoisotopic (exact) mass is 288 g/mol. The lowest BCUT2D eigenvalue weighted by Gasteiger charge is -2.22. The molecule has 5 heteroatoms. The molecule has 0 aromatic heterocycles. The molecule has 0 heterocycles. The van der Waals surface area contributed by atoms with Crippen LogP contribution in [-0.4, -0.2) is 42.2 Å².